The Morgan fingerprint density at radius 2 is 2.06 bits per heavy atom. The largest absolute Gasteiger partial charge is 0.507 e. The summed E-state index contributed by atoms with van der Waals surface area (Å²) < 4.78 is 10.4. The summed E-state index contributed by atoms with van der Waals surface area (Å²) in [7, 11) is 0. The molecule has 1 heterocycles. The normalized spacial score (nSPS) is 15.1. The molecule has 0 aromatic heterocycles. The molecule has 0 saturated heterocycles. The molecule has 0 radical (unpaired) electrons. The summed E-state index contributed by atoms with van der Waals surface area (Å²) in [4.78, 5) is 0. The van der Waals surface area contributed by atoms with Crippen molar-refractivity contribution in [3.63, 3.8) is 0 Å². The third kappa shape index (κ3) is 2.20. The quantitative estimate of drug-likeness (QED) is 0.699. The summed E-state index contributed by atoms with van der Waals surface area (Å²) in [6.45, 7) is 2.60. The van der Waals surface area contributed by atoms with E-state index in [9.17, 15) is 5.11 Å². The Balaban J connectivity index is 2.09. The minimum atomic E-state index is -0.00942. The second-order valence-corrected chi connectivity index (χ2v) is 3.80. The van der Waals surface area contributed by atoms with Crippen LogP contribution < -0.4 is 14.8 Å². The zero-order chi connectivity index (χ0) is 11.5. The van der Waals surface area contributed by atoms with Gasteiger partial charge in [0, 0.05) is 24.2 Å². The number of phenols is 1. The number of ether oxygens (including phenoxy) is 2. The number of rotatable bonds is 4. The van der Waals surface area contributed by atoms with Crippen LogP contribution >= 0.6 is 0 Å². The molecule has 5 nitrogen and oxygen atoms in total. The molecule has 88 valence electrons. The number of aliphatic hydroxyl groups is 1. The van der Waals surface area contributed by atoms with Gasteiger partial charge in [0.05, 0.1) is 6.61 Å². The van der Waals surface area contributed by atoms with Gasteiger partial charge in [0.2, 0.25) is 6.79 Å². The first-order chi connectivity index (χ1) is 7.70. The van der Waals surface area contributed by atoms with Crippen molar-refractivity contribution in [2.75, 3.05) is 13.4 Å². The van der Waals surface area contributed by atoms with Gasteiger partial charge in [-0.25, -0.2) is 0 Å². The van der Waals surface area contributed by atoms with Crippen LogP contribution in [0.15, 0.2) is 12.1 Å². The minimum Gasteiger partial charge on any atom is -0.507 e. The fourth-order valence-corrected chi connectivity index (χ4v) is 1.46. The monoisotopic (exact) mass is 225 g/mol. The van der Waals surface area contributed by atoms with Crippen LogP contribution in [0.3, 0.4) is 0 Å². The standard InChI is InChI=1S/C11H15NO4/c1-7(5-13)12-4-8-2-10-11(3-9(8)14)16-6-15-10/h2-3,7,12-14H,4-6H2,1H3/t7-/m0/s1. The first-order valence-corrected chi connectivity index (χ1v) is 5.16. The van der Waals surface area contributed by atoms with Crippen molar-refractivity contribution >= 4 is 0 Å². The minimum absolute atomic E-state index is 0.00942. The summed E-state index contributed by atoms with van der Waals surface area (Å²) in [6.07, 6.45) is 0. The number of fused-ring (bicyclic) bond motifs is 1. The van der Waals surface area contributed by atoms with E-state index in [4.69, 9.17) is 14.6 Å². The van der Waals surface area contributed by atoms with Gasteiger partial charge in [-0.1, -0.05) is 0 Å². The lowest BCUT2D eigenvalue weighted by Gasteiger charge is -2.12. The maximum atomic E-state index is 9.72. The highest BCUT2D eigenvalue weighted by Gasteiger charge is 2.16. The second-order valence-electron chi connectivity index (χ2n) is 3.80. The van der Waals surface area contributed by atoms with Crippen molar-refractivity contribution in [2.45, 2.75) is 19.5 Å². The SMILES string of the molecule is C[C@@H](CO)NCc1cc2c(cc1O)OCO2. The van der Waals surface area contributed by atoms with E-state index in [2.05, 4.69) is 5.32 Å². The molecule has 0 bridgehead atoms. The van der Waals surface area contributed by atoms with Gasteiger partial charge in [-0.05, 0) is 13.0 Å². The van der Waals surface area contributed by atoms with Gasteiger partial charge in [-0.15, -0.1) is 0 Å². The molecule has 1 atom stereocenters. The van der Waals surface area contributed by atoms with Gasteiger partial charge in [-0.2, -0.15) is 0 Å². The fraction of sp³-hybridized carbons (Fsp3) is 0.455. The Labute approximate surface area is 93.6 Å². The van der Waals surface area contributed by atoms with Gasteiger partial charge in [0.25, 0.3) is 0 Å². The molecule has 0 fully saturated rings. The molecule has 0 unspecified atom stereocenters. The first kappa shape index (κ1) is 11.0. The molecule has 1 aromatic rings. The molecular weight excluding hydrogens is 210 g/mol. The molecule has 0 amide bonds. The Kier molecular flexibility index (Phi) is 3.17. The number of benzene rings is 1. The maximum Gasteiger partial charge on any atom is 0.231 e. The highest BCUT2D eigenvalue weighted by molar-refractivity contribution is 5.51. The van der Waals surface area contributed by atoms with E-state index in [0.29, 0.717) is 18.0 Å². The number of hydrogen-bond donors (Lipinski definition) is 3. The zero-order valence-electron chi connectivity index (χ0n) is 9.06. The summed E-state index contributed by atoms with van der Waals surface area (Å²) in [5, 5.41) is 21.7. The molecule has 1 aromatic carbocycles. The van der Waals surface area contributed by atoms with Crippen LogP contribution in [0.2, 0.25) is 0 Å². The van der Waals surface area contributed by atoms with Crippen molar-refractivity contribution in [3.8, 4) is 17.2 Å². The fourth-order valence-electron chi connectivity index (χ4n) is 1.46. The molecule has 0 saturated carbocycles. The molecule has 0 aliphatic carbocycles. The van der Waals surface area contributed by atoms with E-state index >= 15 is 0 Å². The Bertz CT molecular complexity index is 380. The van der Waals surface area contributed by atoms with Crippen molar-refractivity contribution in [1.82, 2.24) is 5.32 Å². The molecule has 1 aliphatic rings. The highest BCUT2D eigenvalue weighted by Crippen LogP contribution is 2.37. The van der Waals surface area contributed by atoms with E-state index in [-0.39, 0.29) is 25.2 Å². The van der Waals surface area contributed by atoms with Crippen LogP contribution in [0.5, 0.6) is 17.2 Å². The van der Waals surface area contributed by atoms with Crippen LogP contribution in [0, 0.1) is 0 Å². The summed E-state index contributed by atoms with van der Waals surface area (Å²) >= 11 is 0. The Hall–Kier alpha value is -1.46. The third-order valence-electron chi connectivity index (χ3n) is 2.49. The predicted octanol–water partition coefficient (Wildman–Crippen LogP) is 0.591. The van der Waals surface area contributed by atoms with E-state index in [1.54, 1.807) is 12.1 Å². The van der Waals surface area contributed by atoms with Crippen molar-refractivity contribution in [3.05, 3.63) is 17.7 Å². The van der Waals surface area contributed by atoms with Gasteiger partial charge in [-0.3, -0.25) is 0 Å². The first-order valence-electron chi connectivity index (χ1n) is 5.16. The van der Waals surface area contributed by atoms with Gasteiger partial charge < -0.3 is 25.0 Å². The number of nitrogens with one attached hydrogen (secondary N) is 1. The summed E-state index contributed by atoms with van der Waals surface area (Å²) in [6, 6.07) is 3.28. The maximum absolute atomic E-state index is 9.72. The van der Waals surface area contributed by atoms with E-state index in [1.807, 2.05) is 6.92 Å². The molecular formula is C11H15NO4. The van der Waals surface area contributed by atoms with Gasteiger partial charge in [0.1, 0.15) is 5.75 Å². The van der Waals surface area contributed by atoms with Gasteiger partial charge >= 0.3 is 0 Å². The lowest BCUT2D eigenvalue weighted by atomic mass is 10.1. The van der Waals surface area contributed by atoms with Crippen molar-refractivity contribution < 1.29 is 19.7 Å². The van der Waals surface area contributed by atoms with Gasteiger partial charge in [0.15, 0.2) is 11.5 Å². The third-order valence-corrected chi connectivity index (χ3v) is 2.49. The van der Waals surface area contributed by atoms with E-state index in [0.717, 1.165) is 5.56 Å². The number of hydrogen-bond acceptors (Lipinski definition) is 5. The molecule has 2 rings (SSSR count). The highest BCUT2D eigenvalue weighted by atomic mass is 16.7. The summed E-state index contributed by atoms with van der Waals surface area (Å²) in [5.41, 5.74) is 0.726. The summed E-state index contributed by atoms with van der Waals surface area (Å²) in [5.74, 6) is 1.38. The topological polar surface area (TPSA) is 71.0 Å². The molecule has 0 spiro atoms. The number of phenolic OH excluding ortho intramolecular Hbond substituents is 1. The average Bonchev–Trinajstić information content (AvgIpc) is 2.72. The molecule has 3 N–H and O–H groups in total. The zero-order valence-corrected chi connectivity index (χ0v) is 9.06. The molecule has 1 aliphatic heterocycles. The van der Waals surface area contributed by atoms with Crippen LogP contribution in [-0.4, -0.2) is 29.7 Å². The molecule has 5 heteroatoms. The van der Waals surface area contributed by atoms with E-state index < -0.39 is 0 Å². The number of aliphatic hydroxyl groups excluding tert-OH is 1. The number of aromatic hydroxyl groups is 1. The Morgan fingerprint density at radius 1 is 1.38 bits per heavy atom. The van der Waals surface area contributed by atoms with Crippen LogP contribution in [-0.2, 0) is 6.54 Å². The lowest BCUT2D eigenvalue weighted by Crippen LogP contribution is -2.28. The lowest BCUT2D eigenvalue weighted by molar-refractivity contribution is 0.174. The average molecular weight is 225 g/mol. The van der Waals surface area contributed by atoms with E-state index in [1.165, 1.54) is 0 Å². The van der Waals surface area contributed by atoms with Crippen LogP contribution in [0.4, 0.5) is 0 Å². The van der Waals surface area contributed by atoms with Crippen LogP contribution in [0.1, 0.15) is 12.5 Å². The predicted molar refractivity (Wildman–Crippen MR) is 57.6 cm³/mol. The van der Waals surface area contributed by atoms with Crippen molar-refractivity contribution in [2.24, 2.45) is 0 Å². The van der Waals surface area contributed by atoms with Crippen LogP contribution in [0.25, 0.3) is 0 Å². The smallest absolute Gasteiger partial charge is 0.231 e. The molecule has 16 heavy (non-hydrogen) atoms. The Morgan fingerprint density at radius 3 is 2.75 bits per heavy atom. The second kappa shape index (κ2) is 4.59. The van der Waals surface area contributed by atoms with Crippen molar-refractivity contribution in [1.29, 1.82) is 0 Å².